The topological polar surface area (TPSA) is 37.3 Å². The Morgan fingerprint density at radius 1 is 1.28 bits per heavy atom. The van der Waals surface area contributed by atoms with Gasteiger partial charge in [0.15, 0.2) is 0 Å². The first kappa shape index (κ1) is 15.1. The minimum atomic E-state index is -4.57. The number of halogens is 3. The Kier molecular flexibility index (Phi) is 4.15. The van der Waals surface area contributed by atoms with E-state index in [2.05, 4.69) is 6.58 Å². The summed E-state index contributed by atoms with van der Waals surface area (Å²) in [7, 11) is 0. The molecule has 0 aromatic heterocycles. The summed E-state index contributed by atoms with van der Waals surface area (Å²) in [5.74, 6) is 0. The molecular formula is C12H13F3O2Se. The van der Waals surface area contributed by atoms with Gasteiger partial charge in [0, 0.05) is 0 Å². The Labute approximate surface area is 107 Å². The molecule has 100 valence electrons. The van der Waals surface area contributed by atoms with Gasteiger partial charge in [0.1, 0.15) is 0 Å². The molecule has 0 aliphatic rings. The Hall–Kier alpha value is -0.971. The second-order valence-electron chi connectivity index (χ2n) is 4.24. The standard InChI is InChI=1S/C12H13F3O2Se/c1-8(11(2,3)16)18(17)10-7-5-4-6-9(10)12(13,14)15/h4-7,16H,1H2,2-3H3. The molecule has 0 aliphatic carbocycles. The third kappa shape index (κ3) is 3.28. The second kappa shape index (κ2) is 4.96. The zero-order valence-electron chi connectivity index (χ0n) is 9.91. The molecule has 1 rings (SSSR count). The van der Waals surface area contributed by atoms with E-state index in [9.17, 15) is 22.1 Å². The van der Waals surface area contributed by atoms with Crippen molar-refractivity contribution in [3.8, 4) is 0 Å². The molecule has 0 fully saturated rings. The summed E-state index contributed by atoms with van der Waals surface area (Å²) >= 11 is -3.18. The molecule has 1 N–H and O–H groups in total. The molecule has 1 unspecified atom stereocenters. The maximum absolute atomic E-state index is 12.8. The van der Waals surface area contributed by atoms with E-state index in [1.165, 1.54) is 26.0 Å². The van der Waals surface area contributed by atoms with Crippen molar-refractivity contribution in [3.05, 3.63) is 40.9 Å². The summed E-state index contributed by atoms with van der Waals surface area (Å²) in [5.41, 5.74) is -2.40. The van der Waals surface area contributed by atoms with Gasteiger partial charge in [-0.3, -0.25) is 0 Å². The fourth-order valence-corrected chi connectivity index (χ4v) is 3.96. The number of rotatable bonds is 3. The van der Waals surface area contributed by atoms with Gasteiger partial charge in [-0.15, -0.1) is 0 Å². The van der Waals surface area contributed by atoms with Crippen LogP contribution in [-0.4, -0.2) is 24.5 Å². The Balaban J connectivity index is 3.28. The third-order valence-corrected chi connectivity index (χ3v) is 5.87. The van der Waals surface area contributed by atoms with Gasteiger partial charge < -0.3 is 0 Å². The molecule has 2 nitrogen and oxygen atoms in total. The zero-order chi connectivity index (χ0) is 14.1. The molecule has 0 radical (unpaired) electrons. The summed E-state index contributed by atoms with van der Waals surface area (Å²) in [4.78, 5) is 0. The average Bonchev–Trinajstić information content (AvgIpc) is 2.24. The molecule has 0 bridgehead atoms. The summed E-state index contributed by atoms with van der Waals surface area (Å²) < 4.78 is 50.0. The van der Waals surface area contributed by atoms with Crippen LogP contribution in [0.1, 0.15) is 19.4 Å². The Bertz CT molecular complexity index is 487. The molecule has 0 amide bonds. The van der Waals surface area contributed by atoms with E-state index in [0.717, 1.165) is 12.1 Å². The molecule has 0 heterocycles. The first-order valence-electron chi connectivity index (χ1n) is 5.05. The van der Waals surface area contributed by atoms with Gasteiger partial charge >= 0.3 is 107 Å². The van der Waals surface area contributed by atoms with E-state index in [1.807, 2.05) is 0 Å². The third-order valence-electron chi connectivity index (χ3n) is 2.30. The normalized spacial score (nSPS) is 14.3. The minimum absolute atomic E-state index is 0.0702. The van der Waals surface area contributed by atoms with Gasteiger partial charge in [0.2, 0.25) is 0 Å². The van der Waals surface area contributed by atoms with Gasteiger partial charge in [-0.25, -0.2) is 0 Å². The molecule has 0 spiro atoms. The number of hydrogen-bond acceptors (Lipinski definition) is 2. The van der Waals surface area contributed by atoms with Crippen molar-refractivity contribution in [1.29, 1.82) is 0 Å². The quantitative estimate of drug-likeness (QED) is 0.865. The summed E-state index contributed by atoms with van der Waals surface area (Å²) in [6.45, 7) is 6.15. The van der Waals surface area contributed by atoms with Crippen molar-refractivity contribution in [1.82, 2.24) is 0 Å². The van der Waals surface area contributed by atoms with E-state index in [0.29, 0.717) is 0 Å². The van der Waals surface area contributed by atoms with Crippen LogP contribution in [0, 0.1) is 0 Å². The van der Waals surface area contributed by atoms with Crippen molar-refractivity contribution in [2.75, 3.05) is 0 Å². The van der Waals surface area contributed by atoms with Crippen LogP contribution in [0.15, 0.2) is 35.3 Å². The van der Waals surface area contributed by atoms with Crippen LogP contribution in [0.4, 0.5) is 13.2 Å². The van der Waals surface area contributed by atoms with Crippen molar-refractivity contribution in [2.24, 2.45) is 0 Å². The number of alkyl halides is 3. The first-order valence-corrected chi connectivity index (χ1v) is 7.46. The van der Waals surface area contributed by atoms with Crippen LogP contribution in [0.2, 0.25) is 0 Å². The van der Waals surface area contributed by atoms with Crippen LogP contribution in [0.3, 0.4) is 0 Å². The molecule has 18 heavy (non-hydrogen) atoms. The number of hydrogen-bond donors (Lipinski definition) is 1. The van der Waals surface area contributed by atoms with E-state index in [4.69, 9.17) is 0 Å². The molecule has 0 saturated carbocycles. The van der Waals surface area contributed by atoms with Gasteiger partial charge in [0.05, 0.1) is 0 Å². The van der Waals surface area contributed by atoms with Crippen molar-refractivity contribution < 1.29 is 22.1 Å². The van der Waals surface area contributed by atoms with Gasteiger partial charge in [0.25, 0.3) is 0 Å². The van der Waals surface area contributed by atoms with E-state index in [1.54, 1.807) is 0 Å². The molecule has 0 saturated heterocycles. The average molecular weight is 325 g/mol. The first-order chi connectivity index (χ1) is 8.05. The van der Waals surface area contributed by atoms with Crippen molar-refractivity contribution >= 4 is 18.3 Å². The van der Waals surface area contributed by atoms with E-state index >= 15 is 0 Å². The van der Waals surface area contributed by atoms with Gasteiger partial charge in [-0.2, -0.15) is 0 Å². The van der Waals surface area contributed by atoms with Crippen LogP contribution >= 0.6 is 0 Å². The molecular weight excluding hydrogens is 312 g/mol. The summed E-state index contributed by atoms with van der Waals surface area (Å²) in [6, 6.07) is 4.66. The molecule has 1 aromatic carbocycles. The second-order valence-corrected chi connectivity index (χ2v) is 7.33. The Morgan fingerprint density at radius 3 is 2.22 bits per heavy atom. The van der Waals surface area contributed by atoms with E-state index in [-0.39, 0.29) is 8.93 Å². The fourth-order valence-electron chi connectivity index (χ4n) is 1.22. The fraction of sp³-hybridized carbons (Fsp3) is 0.333. The monoisotopic (exact) mass is 326 g/mol. The number of aliphatic hydroxyl groups is 1. The van der Waals surface area contributed by atoms with Crippen LogP contribution in [-0.2, 0) is 10.0 Å². The van der Waals surface area contributed by atoms with Crippen molar-refractivity contribution in [3.63, 3.8) is 0 Å². The predicted molar refractivity (Wildman–Crippen MR) is 63.0 cm³/mol. The summed E-state index contributed by atoms with van der Waals surface area (Å²) in [5, 5.41) is 9.66. The van der Waals surface area contributed by atoms with Crippen LogP contribution < -0.4 is 4.46 Å². The predicted octanol–water partition coefficient (Wildman–Crippen LogP) is 2.20. The SMILES string of the molecule is C=C([Se](=O)c1ccccc1C(F)(F)F)C(C)(C)O. The number of benzene rings is 1. The zero-order valence-corrected chi connectivity index (χ0v) is 11.6. The molecule has 1 aromatic rings. The van der Waals surface area contributed by atoms with E-state index < -0.39 is 31.2 Å². The van der Waals surface area contributed by atoms with Gasteiger partial charge in [-0.1, -0.05) is 0 Å². The Morgan fingerprint density at radius 2 is 1.78 bits per heavy atom. The van der Waals surface area contributed by atoms with Crippen LogP contribution in [0.5, 0.6) is 0 Å². The van der Waals surface area contributed by atoms with Crippen LogP contribution in [0.25, 0.3) is 0 Å². The molecule has 6 heteroatoms. The molecule has 1 atom stereocenters. The van der Waals surface area contributed by atoms with Gasteiger partial charge in [-0.05, 0) is 0 Å². The molecule has 0 aliphatic heterocycles. The summed E-state index contributed by atoms with van der Waals surface area (Å²) in [6.07, 6.45) is -4.57. The van der Waals surface area contributed by atoms with Crippen molar-refractivity contribution in [2.45, 2.75) is 25.6 Å². The maximum atomic E-state index is 12.8.